The molecule has 1 aliphatic rings. The highest BCUT2D eigenvalue weighted by molar-refractivity contribution is 5.04. The van der Waals surface area contributed by atoms with Crippen LogP contribution in [0.25, 0.3) is 0 Å². The van der Waals surface area contributed by atoms with Gasteiger partial charge in [-0.25, -0.2) is 0 Å². The summed E-state index contributed by atoms with van der Waals surface area (Å²) in [5, 5.41) is 0. The molecule has 0 nitrogen and oxygen atoms in total. The summed E-state index contributed by atoms with van der Waals surface area (Å²) >= 11 is 0. The SMILES string of the molecule is CC(C)(C)C1C=CC(C(C)(C)C)CC1. The van der Waals surface area contributed by atoms with E-state index in [-0.39, 0.29) is 0 Å². The second kappa shape index (κ2) is 3.72. The second-order valence-corrected chi connectivity index (χ2v) is 6.91. The molecule has 0 aromatic carbocycles. The Balaban J connectivity index is 2.65. The predicted molar refractivity (Wildman–Crippen MR) is 64.3 cm³/mol. The van der Waals surface area contributed by atoms with E-state index >= 15 is 0 Å². The van der Waals surface area contributed by atoms with Gasteiger partial charge in [0.05, 0.1) is 0 Å². The molecule has 1 aliphatic carbocycles. The Bertz CT molecular complexity index is 185. The molecule has 0 bridgehead atoms. The molecule has 2 atom stereocenters. The van der Waals surface area contributed by atoms with Crippen molar-refractivity contribution in [2.45, 2.75) is 54.4 Å². The molecule has 0 N–H and O–H groups in total. The molecule has 0 radical (unpaired) electrons. The topological polar surface area (TPSA) is 0 Å². The summed E-state index contributed by atoms with van der Waals surface area (Å²) in [5.74, 6) is 1.56. The van der Waals surface area contributed by atoms with Gasteiger partial charge in [-0.1, -0.05) is 53.7 Å². The maximum Gasteiger partial charge on any atom is -0.0184 e. The van der Waals surface area contributed by atoms with E-state index in [0.717, 1.165) is 11.8 Å². The molecule has 0 amide bonds. The third kappa shape index (κ3) is 2.87. The van der Waals surface area contributed by atoms with Crippen molar-refractivity contribution in [2.75, 3.05) is 0 Å². The van der Waals surface area contributed by atoms with E-state index in [0.29, 0.717) is 10.8 Å². The van der Waals surface area contributed by atoms with Crippen LogP contribution in [-0.4, -0.2) is 0 Å². The van der Waals surface area contributed by atoms with E-state index in [1.807, 2.05) is 0 Å². The first kappa shape index (κ1) is 11.8. The fraction of sp³-hybridized carbons (Fsp3) is 0.857. The van der Waals surface area contributed by atoms with E-state index in [1.54, 1.807) is 0 Å². The standard InChI is InChI=1S/C14H26/c1-13(2,3)11-7-9-12(10-8-11)14(4,5)6/h7,9,11-12H,8,10H2,1-6H3. The van der Waals surface area contributed by atoms with Gasteiger partial charge in [-0.2, -0.15) is 0 Å². The molecule has 82 valence electrons. The Morgan fingerprint density at radius 3 is 1.14 bits per heavy atom. The lowest BCUT2D eigenvalue weighted by Gasteiger charge is -2.37. The second-order valence-electron chi connectivity index (χ2n) is 6.91. The zero-order chi connectivity index (χ0) is 11.0. The average Bonchev–Trinajstić information content (AvgIpc) is 2.01. The molecule has 0 fully saturated rings. The van der Waals surface area contributed by atoms with Gasteiger partial charge in [-0.3, -0.25) is 0 Å². The van der Waals surface area contributed by atoms with Crippen molar-refractivity contribution in [2.24, 2.45) is 22.7 Å². The Morgan fingerprint density at radius 1 is 0.714 bits per heavy atom. The minimum Gasteiger partial charge on any atom is -0.0846 e. The predicted octanol–water partition coefficient (Wildman–Crippen LogP) is 4.66. The van der Waals surface area contributed by atoms with Crippen molar-refractivity contribution in [1.82, 2.24) is 0 Å². The monoisotopic (exact) mass is 194 g/mol. The van der Waals surface area contributed by atoms with Gasteiger partial charge in [0.25, 0.3) is 0 Å². The molecule has 0 spiro atoms. The molecular weight excluding hydrogens is 168 g/mol. The number of rotatable bonds is 0. The summed E-state index contributed by atoms with van der Waals surface area (Å²) in [6, 6.07) is 0. The summed E-state index contributed by atoms with van der Waals surface area (Å²) < 4.78 is 0. The van der Waals surface area contributed by atoms with Crippen molar-refractivity contribution >= 4 is 0 Å². The smallest absolute Gasteiger partial charge is 0.0184 e. The van der Waals surface area contributed by atoms with Crippen LogP contribution in [0.15, 0.2) is 12.2 Å². The third-order valence-electron chi connectivity index (χ3n) is 3.59. The Hall–Kier alpha value is -0.260. The van der Waals surface area contributed by atoms with Gasteiger partial charge >= 0.3 is 0 Å². The fourth-order valence-corrected chi connectivity index (χ4v) is 2.26. The zero-order valence-electron chi connectivity index (χ0n) is 10.7. The summed E-state index contributed by atoms with van der Waals surface area (Å²) in [7, 11) is 0. The first-order valence-corrected chi connectivity index (χ1v) is 5.89. The Labute approximate surface area is 89.8 Å². The van der Waals surface area contributed by atoms with Crippen LogP contribution in [0.4, 0.5) is 0 Å². The van der Waals surface area contributed by atoms with Gasteiger partial charge in [0, 0.05) is 0 Å². The van der Waals surface area contributed by atoms with Crippen LogP contribution >= 0.6 is 0 Å². The van der Waals surface area contributed by atoms with E-state index < -0.39 is 0 Å². The molecule has 2 unspecified atom stereocenters. The molecule has 0 heteroatoms. The summed E-state index contributed by atoms with van der Waals surface area (Å²) in [6.45, 7) is 14.1. The van der Waals surface area contributed by atoms with Crippen molar-refractivity contribution < 1.29 is 0 Å². The van der Waals surface area contributed by atoms with Gasteiger partial charge in [-0.05, 0) is 35.5 Å². The van der Waals surface area contributed by atoms with E-state index in [9.17, 15) is 0 Å². The summed E-state index contributed by atoms with van der Waals surface area (Å²) in [4.78, 5) is 0. The maximum absolute atomic E-state index is 2.46. The summed E-state index contributed by atoms with van der Waals surface area (Å²) in [6.07, 6.45) is 7.64. The molecule has 1 rings (SSSR count). The molecule has 0 heterocycles. The largest absolute Gasteiger partial charge is 0.0846 e. The van der Waals surface area contributed by atoms with Gasteiger partial charge in [0.15, 0.2) is 0 Å². The Morgan fingerprint density at radius 2 is 1.00 bits per heavy atom. The molecule has 14 heavy (non-hydrogen) atoms. The molecule has 0 saturated carbocycles. The van der Waals surface area contributed by atoms with Gasteiger partial charge in [0.2, 0.25) is 0 Å². The normalized spacial score (nSPS) is 29.3. The van der Waals surface area contributed by atoms with Crippen LogP contribution in [0.1, 0.15) is 54.4 Å². The lowest BCUT2D eigenvalue weighted by molar-refractivity contribution is 0.203. The number of allylic oxidation sites excluding steroid dienone is 2. The molecular formula is C14H26. The average molecular weight is 194 g/mol. The third-order valence-corrected chi connectivity index (χ3v) is 3.59. The number of hydrogen-bond donors (Lipinski definition) is 0. The lowest BCUT2D eigenvalue weighted by Crippen LogP contribution is -2.27. The molecule has 0 saturated heterocycles. The van der Waals surface area contributed by atoms with Crippen LogP contribution in [0.2, 0.25) is 0 Å². The highest BCUT2D eigenvalue weighted by Gasteiger charge is 2.30. The summed E-state index contributed by atoms with van der Waals surface area (Å²) in [5.41, 5.74) is 0.888. The van der Waals surface area contributed by atoms with Crippen molar-refractivity contribution in [3.63, 3.8) is 0 Å². The Kier molecular flexibility index (Phi) is 3.13. The molecule has 0 aromatic rings. The first-order chi connectivity index (χ1) is 6.21. The first-order valence-electron chi connectivity index (χ1n) is 5.89. The lowest BCUT2D eigenvalue weighted by atomic mass is 9.68. The van der Waals surface area contributed by atoms with E-state index in [1.165, 1.54) is 12.8 Å². The van der Waals surface area contributed by atoms with Crippen molar-refractivity contribution in [1.29, 1.82) is 0 Å². The van der Waals surface area contributed by atoms with Crippen LogP contribution in [0.3, 0.4) is 0 Å². The highest BCUT2D eigenvalue weighted by Crippen LogP contribution is 2.40. The van der Waals surface area contributed by atoms with Crippen LogP contribution in [0.5, 0.6) is 0 Å². The maximum atomic E-state index is 2.46. The minimum absolute atomic E-state index is 0.444. The van der Waals surface area contributed by atoms with E-state index in [2.05, 4.69) is 53.7 Å². The minimum atomic E-state index is 0.444. The van der Waals surface area contributed by atoms with Crippen molar-refractivity contribution in [3.05, 3.63) is 12.2 Å². The van der Waals surface area contributed by atoms with Gasteiger partial charge < -0.3 is 0 Å². The van der Waals surface area contributed by atoms with Crippen molar-refractivity contribution in [3.8, 4) is 0 Å². The highest BCUT2D eigenvalue weighted by atomic mass is 14.3. The van der Waals surface area contributed by atoms with Crippen LogP contribution in [-0.2, 0) is 0 Å². The van der Waals surface area contributed by atoms with Gasteiger partial charge in [0.1, 0.15) is 0 Å². The van der Waals surface area contributed by atoms with E-state index in [4.69, 9.17) is 0 Å². The van der Waals surface area contributed by atoms with Crippen LogP contribution in [0, 0.1) is 22.7 Å². The zero-order valence-corrected chi connectivity index (χ0v) is 10.7. The molecule has 0 aromatic heterocycles. The quantitative estimate of drug-likeness (QED) is 0.492. The van der Waals surface area contributed by atoms with Crippen LogP contribution < -0.4 is 0 Å². The molecule has 0 aliphatic heterocycles. The van der Waals surface area contributed by atoms with Gasteiger partial charge in [-0.15, -0.1) is 0 Å². The fourth-order valence-electron chi connectivity index (χ4n) is 2.26. The number of hydrogen-bond acceptors (Lipinski definition) is 0.